The van der Waals surface area contributed by atoms with E-state index in [0.717, 1.165) is 44.0 Å². The van der Waals surface area contributed by atoms with E-state index in [4.69, 9.17) is 9.15 Å². The zero-order valence-corrected chi connectivity index (χ0v) is 13.7. The second-order valence-corrected chi connectivity index (χ2v) is 6.86. The van der Waals surface area contributed by atoms with E-state index in [9.17, 15) is 4.79 Å². The van der Waals surface area contributed by atoms with Crippen molar-refractivity contribution in [2.45, 2.75) is 58.4 Å². The van der Waals surface area contributed by atoms with E-state index in [-0.39, 0.29) is 24.2 Å². The van der Waals surface area contributed by atoms with Gasteiger partial charge in [0, 0.05) is 12.6 Å². The van der Waals surface area contributed by atoms with Gasteiger partial charge in [-0.2, -0.15) is 0 Å². The zero-order valence-electron chi connectivity index (χ0n) is 13.7. The third kappa shape index (κ3) is 3.52. The number of carbonyl (C=O) groups is 1. The van der Waals surface area contributed by atoms with Gasteiger partial charge >= 0.3 is 0 Å². The van der Waals surface area contributed by atoms with Gasteiger partial charge in [0.1, 0.15) is 17.6 Å². The van der Waals surface area contributed by atoms with Gasteiger partial charge in [0.05, 0.1) is 12.6 Å². The molecule has 0 unspecified atom stereocenters. The van der Waals surface area contributed by atoms with Gasteiger partial charge in [-0.05, 0) is 58.2 Å². The smallest absolute Gasteiger partial charge is 0.249 e. The van der Waals surface area contributed by atoms with Gasteiger partial charge in [0.15, 0.2) is 0 Å². The van der Waals surface area contributed by atoms with Crippen molar-refractivity contribution in [1.82, 2.24) is 10.2 Å². The van der Waals surface area contributed by atoms with Gasteiger partial charge in [0.25, 0.3) is 0 Å². The van der Waals surface area contributed by atoms with Crippen molar-refractivity contribution < 1.29 is 13.9 Å². The fourth-order valence-electron chi connectivity index (χ4n) is 3.47. The minimum Gasteiger partial charge on any atom is -0.465 e. The van der Waals surface area contributed by atoms with E-state index in [0.29, 0.717) is 5.92 Å². The maximum Gasteiger partial charge on any atom is 0.249 e. The summed E-state index contributed by atoms with van der Waals surface area (Å²) in [7, 11) is 0. The second-order valence-electron chi connectivity index (χ2n) is 6.86. The van der Waals surface area contributed by atoms with Crippen LogP contribution in [-0.2, 0) is 16.1 Å². The molecule has 5 heteroatoms. The van der Waals surface area contributed by atoms with Gasteiger partial charge < -0.3 is 14.5 Å². The molecular weight excluding hydrogens is 280 g/mol. The molecule has 2 fully saturated rings. The molecule has 3 rings (SSSR count). The average molecular weight is 306 g/mol. The first-order valence-corrected chi connectivity index (χ1v) is 8.25. The van der Waals surface area contributed by atoms with Crippen LogP contribution in [0.5, 0.6) is 0 Å². The lowest BCUT2D eigenvalue weighted by Crippen LogP contribution is -2.42. The van der Waals surface area contributed by atoms with Crippen molar-refractivity contribution in [1.29, 1.82) is 0 Å². The van der Waals surface area contributed by atoms with Crippen LogP contribution in [0.2, 0.25) is 0 Å². The Bertz CT molecular complexity index is 526. The lowest BCUT2D eigenvalue weighted by atomic mass is 9.91. The Morgan fingerprint density at radius 3 is 2.95 bits per heavy atom. The minimum absolute atomic E-state index is 0.0395. The SMILES string of the molecule is Cc1ccc(CN2CC[C@H]3C[C@@H](C(=O)NC(C)C)O[C@@H]3C2)o1. The third-order valence-corrected chi connectivity index (χ3v) is 4.53. The van der Waals surface area contributed by atoms with Crippen LogP contribution in [0.25, 0.3) is 0 Å². The lowest BCUT2D eigenvalue weighted by Gasteiger charge is -2.33. The predicted octanol–water partition coefficient (Wildman–Crippen LogP) is 2.09. The molecule has 122 valence electrons. The summed E-state index contributed by atoms with van der Waals surface area (Å²) in [6.45, 7) is 8.68. The van der Waals surface area contributed by atoms with Crippen molar-refractivity contribution in [3.8, 4) is 0 Å². The van der Waals surface area contributed by atoms with Crippen LogP contribution in [0.15, 0.2) is 16.5 Å². The predicted molar refractivity (Wildman–Crippen MR) is 83.4 cm³/mol. The van der Waals surface area contributed by atoms with Crippen molar-refractivity contribution >= 4 is 5.91 Å². The third-order valence-electron chi connectivity index (χ3n) is 4.53. The summed E-state index contributed by atoms with van der Waals surface area (Å²) in [5, 5.41) is 2.96. The molecule has 0 radical (unpaired) electrons. The van der Waals surface area contributed by atoms with Crippen LogP contribution in [0.4, 0.5) is 0 Å². The first-order chi connectivity index (χ1) is 10.5. The highest BCUT2D eigenvalue weighted by molar-refractivity contribution is 5.81. The van der Waals surface area contributed by atoms with E-state index in [1.165, 1.54) is 0 Å². The second kappa shape index (κ2) is 6.42. The van der Waals surface area contributed by atoms with Crippen molar-refractivity contribution in [2.24, 2.45) is 5.92 Å². The van der Waals surface area contributed by atoms with Gasteiger partial charge in [-0.15, -0.1) is 0 Å². The van der Waals surface area contributed by atoms with Gasteiger partial charge in [0.2, 0.25) is 5.91 Å². The number of aryl methyl sites for hydroxylation is 1. The minimum atomic E-state index is -0.275. The highest BCUT2D eigenvalue weighted by Crippen LogP contribution is 2.33. The van der Waals surface area contributed by atoms with Crippen LogP contribution in [0, 0.1) is 12.8 Å². The van der Waals surface area contributed by atoms with Crippen LogP contribution in [-0.4, -0.2) is 42.1 Å². The zero-order chi connectivity index (χ0) is 15.7. The average Bonchev–Trinajstić information content (AvgIpc) is 3.04. The molecule has 0 aliphatic carbocycles. The first kappa shape index (κ1) is 15.6. The summed E-state index contributed by atoms with van der Waals surface area (Å²) in [6, 6.07) is 4.20. The number of furan rings is 1. The van der Waals surface area contributed by atoms with Gasteiger partial charge in [-0.25, -0.2) is 0 Å². The van der Waals surface area contributed by atoms with E-state index < -0.39 is 0 Å². The lowest BCUT2D eigenvalue weighted by molar-refractivity contribution is -0.133. The maximum atomic E-state index is 12.1. The molecule has 1 amide bonds. The Morgan fingerprint density at radius 1 is 1.45 bits per heavy atom. The number of piperidine rings is 1. The van der Waals surface area contributed by atoms with Gasteiger partial charge in [-0.3, -0.25) is 9.69 Å². The summed E-state index contributed by atoms with van der Waals surface area (Å²) < 4.78 is 11.7. The number of ether oxygens (including phenoxy) is 1. The number of carbonyl (C=O) groups excluding carboxylic acids is 1. The standard InChI is InChI=1S/C17H26N2O3/c1-11(2)18-17(20)15-8-13-6-7-19(10-16(13)22-15)9-14-5-4-12(3)21-14/h4-5,11,13,15-16H,6-10H2,1-3H3,(H,18,20)/t13-,15-,16+/m0/s1. The van der Waals surface area contributed by atoms with Gasteiger partial charge in [-0.1, -0.05) is 0 Å². The monoisotopic (exact) mass is 306 g/mol. The van der Waals surface area contributed by atoms with E-state index in [1.807, 2.05) is 32.9 Å². The summed E-state index contributed by atoms with van der Waals surface area (Å²) in [6.07, 6.45) is 1.85. The Kier molecular flexibility index (Phi) is 4.54. The van der Waals surface area contributed by atoms with Crippen molar-refractivity contribution in [2.75, 3.05) is 13.1 Å². The molecule has 5 nitrogen and oxygen atoms in total. The quantitative estimate of drug-likeness (QED) is 0.925. The molecule has 1 aromatic rings. The fraction of sp³-hybridized carbons (Fsp3) is 0.706. The Hall–Kier alpha value is -1.33. The number of nitrogens with one attached hydrogen (secondary N) is 1. The largest absolute Gasteiger partial charge is 0.465 e. The highest BCUT2D eigenvalue weighted by Gasteiger charge is 2.41. The Labute approximate surface area is 132 Å². The molecule has 2 aliphatic rings. The number of amides is 1. The summed E-state index contributed by atoms with van der Waals surface area (Å²) in [5.41, 5.74) is 0. The van der Waals surface area contributed by atoms with Crippen LogP contribution >= 0.6 is 0 Å². The number of fused-ring (bicyclic) bond motifs is 1. The van der Waals surface area contributed by atoms with E-state index in [1.54, 1.807) is 0 Å². The Balaban J connectivity index is 1.54. The number of hydrogen-bond acceptors (Lipinski definition) is 4. The number of rotatable bonds is 4. The highest BCUT2D eigenvalue weighted by atomic mass is 16.5. The number of hydrogen-bond donors (Lipinski definition) is 1. The number of likely N-dealkylation sites (tertiary alicyclic amines) is 1. The Morgan fingerprint density at radius 2 is 2.27 bits per heavy atom. The molecular formula is C17H26N2O3. The number of nitrogens with zero attached hydrogens (tertiary/aromatic N) is 1. The molecule has 0 aromatic carbocycles. The fourth-order valence-corrected chi connectivity index (χ4v) is 3.47. The molecule has 0 saturated carbocycles. The summed E-state index contributed by atoms with van der Waals surface area (Å²) >= 11 is 0. The normalized spacial score (nSPS) is 28.8. The molecule has 22 heavy (non-hydrogen) atoms. The molecule has 3 atom stereocenters. The van der Waals surface area contributed by atoms with Crippen molar-refractivity contribution in [3.63, 3.8) is 0 Å². The van der Waals surface area contributed by atoms with E-state index in [2.05, 4.69) is 10.2 Å². The molecule has 0 bridgehead atoms. The molecule has 1 aromatic heterocycles. The van der Waals surface area contributed by atoms with Crippen LogP contribution < -0.4 is 5.32 Å². The maximum absolute atomic E-state index is 12.1. The molecule has 0 spiro atoms. The van der Waals surface area contributed by atoms with Crippen molar-refractivity contribution in [3.05, 3.63) is 23.7 Å². The molecule has 1 N–H and O–H groups in total. The summed E-state index contributed by atoms with van der Waals surface area (Å²) in [4.78, 5) is 14.5. The van der Waals surface area contributed by atoms with E-state index >= 15 is 0 Å². The van der Waals surface area contributed by atoms with Crippen LogP contribution in [0.1, 0.15) is 38.2 Å². The molecule has 2 aliphatic heterocycles. The van der Waals surface area contributed by atoms with Crippen LogP contribution in [0.3, 0.4) is 0 Å². The first-order valence-electron chi connectivity index (χ1n) is 8.25. The molecule has 3 heterocycles. The summed E-state index contributed by atoms with van der Waals surface area (Å²) in [5.74, 6) is 2.51. The molecule has 2 saturated heterocycles. The topological polar surface area (TPSA) is 54.7 Å².